The van der Waals surface area contributed by atoms with Crippen LogP contribution in [0.3, 0.4) is 0 Å². The predicted octanol–water partition coefficient (Wildman–Crippen LogP) is 3.96. The van der Waals surface area contributed by atoms with Crippen LogP contribution in [0.2, 0.25) is 0 Å². The summed E-state index contributed by atoms with van der Waals surface area (Å²) in [6.07, 6.45) is 0. The Morgan fingerprint density at radius 2 is 1.47 bits per heavy atom. The van der Waals surface area contributed by atoms with Gasteiger partial charge in [0.15, 0.2) is 17.4 Å². The summed E-state index contributed by atoms with van der Waals surface area (Å²) in [6, 6.07) is 5.14. The van der Waals surface area contributed by atoms with Gasteiger partial charge in [0, 0.05) is 6.07 Å². The Bertz CT molecular complexity index is 586. The summed E-state index contributed by atoms with van der Waals surface area (Å²) >= 11 is 0. The van der Waals surface area contributed by atoms with Crippen molar-refractivity contribution in [2.75, 3.05) is 0 Å². The zero-order chi connectivity index (χ0) is 14.0. The van der Waals surface area contributed by atoms with Crippen LogP contribution in [0.15, 0.2) is 30.3 Å². The molecule has 0 heterocycles. The lowest BCUT2D eigenvalue weighted by Crippen LogP contribution is -2.04. The monoisotopic (exact) mass is 274 g/mol. The summed E-state index contributed by atoms with van der Waals surface area (Å²) in [5.41, 5.74) is 0.267. The average molecular weight is 274 g/mol. The molecule has 1 nitrogen and oxygen atoms in total. The van der Waals surface area contributed by atoms with E-state index in [1.165, 1.54) is 18.2 Å². The number of hydrogen-bond acceptors (Lipinski definition) is 1. The van der Waals surface area contributed by atoms with Crippen molar-refractivity contribution in [3.63, 3.8) is 0 Å². The highest BCUT2D eigenvalue weighted by molar-refractivity contribution is 5.29. The molecule has 0 saturated carbocycles. The van der Waals surface area contributed by atoms with Gasteiger partial charge in [-0.2, -0.15) is 8.78 Å². The molecule has 0 aliphatic rings. The quantitative estimate of drug-likeness (QED) is 0.608. The molecule has 0 aliphatic carbocycles. The highest BCUT2D eigenvalue weighted by Crippen LogP contribution is 2.27. The second-order valence-corrected chi connectivity index (χ2v) is 3.72. The minimum absolute atomic E-state index is 0.0830. The zero-order valence-corrected chi connectivity index (χ0v) is 9.39. The van der Waals surface area contributed by atoms with Gasteiger partial charge in [0.2, 0.25) is 11.6 Å². The van der Waals surface area contributed by atoms with Crippen LogP contribution in [0, 0.1) is 29.1 Å². The molecular formula is C13H7F5O. The van der Waals surface area contributed by atoms with Gasteiger partial charge in [-0.05, 0) is 17.7 Å². The first kappa shape index (κ1) is 13.3. The number of hydrogen-bond donors (Lipinski definition) is 0. The van der Waals surface area contributed by atoms with Crippen LogP contribution in [0.25, 0.3) is 0 Å². The summed E-state index contributed by atoms with van der Waals surface area (Å²) in [6.45, 7) is -0.422. The van der Waals surface area contributed by atoms with Crippen LogP contribution < -0.4 is 4.74 Å². The first-order valence-corrected chi connectivity index (χ1v) is 5.19. The molecule has 0 aromatic heterocycles. The van der Waals surface area contributed by atoms with Crippen molar-refractivity contribution in [2.24, 2.45) is 0 Å². The number of halogens is 5. The maximum absolute atomic E-state index is 13.2. The van der Waals surface area contributed by atoms with Gasteiger partial charge in [-0.1, -0.05) is 12.1 Å². The van der Waals surface area contributed by atoms with Gasteiger partial charge in [0.1, 0.15) is 12.4 Å². The second kappa shape index (κ2) is 5.26. The van der Waals surface area contributed by atoms with E-state index in [9.17, 15) is 22.0 Å². The Hall–Kier alpha value is -2.11. The Morgan fingerprint density at radius 3 is 2.05 bits per heavy atom. The molecule has 0 bridgehead atoms. The molecule has 0 fully saturated rings. The van der Waals surface area contributed by atoms with Crippen molar-refractivity contribution >= 4 is 0 Å². The molecule has 0 N–H and O–H groups in total. The molecule has 2 aromatic rings. The van der Waals surface area contributed by atoms with E-state index < -0.39 is 41.4 Å². The molecule has 0 aliphatic heterocycles. The molecular weight excluding hydrogens is 267 g/mol. The van der Waals surface area contributed by atoms with Gasteiger partial charge in [0.05, 0.1) is 0 Å². The third-order valence-corrected chi connectivity index (χ3v) is 2.34. The number of rotatable bonds is 3. The lowest BCUT2D eigenvalue weighted by molar-refractivity contribution is 0.261. The number of ether oxygens (including phenoxy) is 1. The zero-order valence-electron chi connectivity index (χ0n) is 9.39. The fourth-order valence-corrected chi connectivity index (χ4v) is 1.46. The third kappa shape index (κ3) is 2.83. The lowest BCUT2D eigenvalue weighted by Gasteiger charge is -2.09. The van der Waals surface area contributed by atoms with Crippen molar-refractivity contribution in [3.8, 4) is 5.75 Å². The van der Waals surface area contributed by atoms with Crippen LogP contribution in [0.1, 0.15) is 5.56 Å². The molecule has 2 rings (SSSR count). The van der Waals surface area contributed by atoms with Crippen molar-refractivity contribution in [3.05, 3.63) is 65.0 Å². The van der Waals surface area contributed by atoms with Crippen molar-refractivity contribution in [1.29, 1.82) is 0 Å². The highest BCUT2D eigenvalue weighted by atomic mass is 19.2. The van der Waals surface area contributed by atoms with E-state index in [-0.39, 0.29) is 11.6 Å². The Balaban J connectivity index is 2.25. The van der Waals surface area contributed by atoms with Gasteiger partial charge < -0.3 is 4.74 Å². The third-order valence-electron chi connectivity index (χ3n) is 2.34. The summed E-state index contributed by atoms with van der Waals surface area (Å²) in [4.78, 5) is 0. The molecule has 0 unspecified atom stereocenters. The van der Waals surface area contributed by atoms with Gasteiger partial charge in [-0.15, -0.1) is 0 Å². The molecule has 100 valence electrons. The van der Waals surface area contributed by atoms with Crippen LogP contribution in [-0.4, -0.2) is 0 Å². The normalized spacial score (nSPS) is 10.6. The average Bonchev–Trinajstić information content (AvgIpc) is 2.36. The van der Waals surface area contributed by atoms with Crippen LogP contribution in [0.4, 0.5) is 22.0 Å². The largest absolute Gasteiger partial charge is 0.483 e. The minimum Gasteiger partial charge on any atom is -0.483 e. The van der Waals surface area contributed by atoms with Gasteiger partial charge in [0.25, 0.3) is 0 Å². The van der Waals surface area contributed by atoms with Crippen molar-refractivity contribution in [2.45, 2.75) is 6.61 Å². The van der Waals surface area contributed by atoms with Gasteiger partial charge in [-0.3, -0.25) is 0 Å². The molecule has 0 spiro atoms. The second-order valence-electron chi connectivity index (χ2n) is 3.72. The minimum atomic E-state index is -1.63. The van der Waals surface area contributed by atoms with Crippen LogP contribution in [0.5, 0.6) is 5.75 Å². The molecule has 0 saturated heterocycles. The molecule has 2 aromatic carbocycles. The molecule has 19 heavy (non-hydrogen) atoms. The Labute approximate surface area is 105 Å². The van der Waals surface area contributed by atoms with E-state index in [4.69, 9.17) is 0 Å². The first-order valence-electron chi connectivity index (χ1n) is 5.19. The van der Waals surface area contributed by atoms with Crippen molar-refractivity contribution < 1.29 is 26.7 Å². The Morgan fingerprint density at radius 1 is 0.842 bits per heavy atom. The summed E-state index contributed by atoms with van der Waals surface area (Å²) in [5, 5.41) is 0. The number of benzene rings is 2. The lowest BCUT2D eigenvalue weighted by atomic mass is 10.2. The van der Waals surface area contributed by atoms with Gasteiger partial charge in [-0.25, -0.2) is 13.2 Å². The first-order chi connectivity index (χ1) is 8.99. The van der Waals surface area contributed by atoms with Gasteiger partial charge >= 0.3 is 0 Å². The smallest absolute Gasteiger partial charge is 0.203 e. The molecule has 0 atom stereocenters. The predicted molar refractivity (Wildman–Crippen MR) is 57.0 cm³/mol. The Kier molecular flexibility index (Phi) is 3.69. The summed E-state index contributed by atoms with van der Waals surface area (Å²) in [5.74, 6) is -8.11. The van der Waals surface area contributed by atoms with E-state index in [2.05, 4.69) is 4.74 Å². The van der Waals surface area contributed by atoms with E-state index in [0.29, 0.717) is 0 Å². The van der Waals surface area contributed by atoms with E-state index >= 15 is 0 Å². The van der Waals surface area contributed by atoms with Crippen LogP contribution in [-0.2, 0) is 6.61 Å². The summed E-state index contributed by atoms with van der Waals surface area (Å²) in [7, 11) is 0. The molecule has 6 heteroatoms. The highest BCUT2D eigenvalue weighted by Gasteiger charge is 2.20. The maximum Gasteiger partial charge on any atom is 0.203 e. The van der Waals surface area contributed by atoms with Crippen molar-refractivity contribution in [1.82, 2.24) is 0 Å². The maximum atomic E-state index is 13.2. The fraction of sp³-hybridized carbons (Fsp3) is 0.0769. The van der Waals surface area contributed by atoms with E-state index in [0.717, 1.165) is 6.07 Å². The standard InChI is InChI=1S/C13H7F5O/c14-8-3-1-2-7(4-8)6-19-13-11(17)9(15)5-10(16)12(13)18/h1-5H,6H2. The molecule has 0 amide bonds. The topological polar surface area (TPSA) is 9.23 Å². The van der Waals surface area contributed by atoms with E-state index in [1.807, 2.05) is 0 Å². The SMILES string of the molecule is Fc1cccc(COc2c(F)c(F)cc(F)c2F)c1. The van der Waals surface area contributed by atoms with E-state index in [1.54, 1.807) is 0 Å². The summed E-state index contributed by atoms with van der Waals surface area (Å²) < 4.78 is 69.8. The fourth-order valence-electron chi connectivity index (χ4n) is 1.46. The molecule has 0 radical (unpaired) electrons. The van der Waals surface area contributed by atoms with Crippen LogP contribution >= 0.6 is 0 Å².